The third kappa shape index (κ3) is 5.88. The second kappa shape index (κ2) is 7.70. The molecule has 0 aliphatic rings. The lowest BCUT2D eigenvalue weighted by Gasteiger charge is -2.20. The van der Waals surface area contributed by atoms with Gasteiger partial charge in [0.05, 0.1) is 18.0 Å². The van der Waals surface area contributed by atoms with Crippen molar-refractivity contribution in [1.29, 1.82) is 0 Å². The highest BCUT2D eigenvalue weighted by Crippen LogP contribution is 1.97. The first-order valence-corrected chi connectivity index (χ1v) is 5.07. The van der Waals surface area contributed by atoms with E-state index in [1.54, 1.807) is 12.0 Å². The fourth-order valence-corrected chi connectivity index (χ4v) is 1.14. The van der Waals surface area contributed by atoms with E-state index >= 15 is 0 Å². The van der Waals surface area contributed by atoms with Gasteiger partial charge in [-0.2, -0.15) is 0 Å². The molecule has 0 aromatic carbocycles. The number of rotatable bonds is 7. The quantitative estimate of drug-likeness (QED) is 0.634. The van der Waals surface area contributed by atoms with Gasteiger partial charge in [0.2, 0.25) is 5.91 Å². The van der Waals surface area contributed by atoms with Gasteiger partial charge < -0.3 is 15.4 Å². The van der Waals surface area contributed by atoms with Gasteiger partial charge in [-0.25, -0.2) is 0 Å². The van der Waals surface area contributed by atoms with Gasteiger partial charge in [0, 0.05) is 26.6 Å². The molecule has 82 valence electrons. The molecule has 0 aliphatic heterocycles. The Labute approximate surface area is 90.4 Å². The first kappa shape index (κ1) is 13.3. The molecule has 14 heavy (non-hydrogen) atoms. The Hall–Kier alpha value is -0.680. The van der Waals surface area contributed by atoms with Crippen LogP contribution in [0.1, 0.15) is 19.8 Å². The molecule has 4 nitrogen and oxygen atoms in total. The molecule has 0 spiro atoms. The van der Waals surface area contributed by atoms with E-state index in [0.717, 1.165) is 0 Å². The highest BCUT2D eigenvalue weighted by atomic mass is 32.1. The first-order chi connectivity index (χ1) is 6.61. The predicted octanol–water partition coefficient (Wildman–Crippen LogP) is 0.548. The molecule has 0 bridgehead atoms. The summed E-state index contributed by atoms with van der Waals surface area (Å²) in [5.74, 6) is 0.0885. The minimum absolute atomic E-state index is 0.0885. The lowest BCUT2D eigenvalue weighted by atomic mass is 10.3. The average molecular weight is 218 g/mol. The van der Waals surface area contributed by atoms with Crippen molar-refractivity contribution in [2.75, 3.05) is 26.8 Å². The largest absolute Gasteiger partial charge is 0.393 e. The van der Waals surface area contributed by atoms with E-state index in [-0.39, 0.29) is 5.91 Å². The summed E-state index contributed by atoms with van der Waals surface area (Å²) in [5.41, 5.74) is 5.36. The lowest BCUT2D eigenvalue weighted by molar-refractivity contribution is -0.131. The van der Waals surface area contributed by atoms with Gasteiger partial charge >= 0.3 is 0 Å². The third-order valence-electron chi connectivity index (χ3n) is 1.88. The van der Waals surface area contributed by atoms with Crippen LogP contribution in [0, 0.1) is 0 Å². The Kier molecular flexibility index (Phi) is 7.32. The van der Waals surface area contributed by atoms with Gasteiger partial charge in [0.25, 0.3) is 0 Å². The molecule has 2 N–H and O–H groups in total. The summed E-state index contributed by atoms with van der Waals surface area (Å²) in [6.45, 7) is 3.69. The second-order valence-corrected chi connectivity index (χ2v) is 3.46. The molecule has 0 heterocycles. The monoisotopic (exact) mass is 218 g/mol. The molecular formula is C9H18N2O2S. The number of ether oxygens (including phenoxy) is 1. The van der Waals surface area contributed by atoms with Crippen molar-refractivity contribution in [2.45, 2.75) is 19.8 Å². The summed E-state index contributed by atoms with van der Waals surface area (Å²) >= 11 is 4.75. The van der Waals surface area contributed by atoms with Crippen molar-refractivity contribution >= 4 is 23.1 Å². The summed E-state index contributed by atoms with van der Waals surface area (Å²) < 4.78 is 4.83. The van der Waals surface area contributed by atoms with E-state index in [9.17, 15) is 4.79 Å². The molecule has 0 aromatic heterocycles. The summed E-state index contributed by atoms with van der Waals surface area (Å²) in [5, 5.41) is 0. The highest BCUT2D eigenvalue weighted by Gasteiger charge is 2.10. The summed E-state index contributed by atoms with van der Waals surface area (Å²) in [7, 11) is 1.58. The summed E-state index contributed by atoms with van der Waals surface area (Å²) in [4.78, 5) is 13.7. The zero-order valence-electron chi connectivity index (χ0n) is 8.78. The molecule has 0 aliphatic carbocycles. The first-order valence-electron chi connectivity index (χ1n) is 4.66. The van der Waals surface area contributed by atoms with Crippen molar-refractivity contribution in [3.05, 3.63) is 0 Å². The molecule has 5 heteroatoms. The topological polar surface area (TPSA) is 55.6 Å². The predicted molar refractivity (Wildman–Crippen MR) is 60.1 cm³/mol. The number of amides is 1. The van der Waals surface area contributed by atoms with Crippen LogP contribution in [0.5, 0.6) is 0 Å². The van der Waals surface area contributed by atoms with Gasteiger partial charge in [0.15, 0.2) is 0 Å². The van der Waals surface area contributed by atoms with E-state index in [4.69, 9.17) is 22.7 Å². The second-order valence-electron chi connectivity index (χ2n) is 2.93. The molecule has 0 rings (SSSR count). The molecule has 1 amide bonds. The van der Waals surface area contributed by atoms with Crippen LogP contribution in [0.15, 0.2) is 0 Å². The minimum Gasteiger partial charge on any atom is -0.393 e. The van der Waals surface area contributed by atoms with Crippen molar-refractivity contribution in [3.8, 4) is 0 Å². The highest BCUT2D eigenvalue weighted by molar-refractivity contribution is 7.80. The average Bonchev–Trinajstić information content (AvgIpc) is 2.15. The molecule has 0 radical (unpaired) electrons. The van der Waals surface area contributed by atoms with Crippen LogP contribution in [-0.2, 0) is 9.53 Å². The maximum absolute atomic E-state index is 11.5. The van der Waals surface area contributed by atoms with Gasteiger partial charge in [-0.15, -0.1) is 0 Å². The SMILES string of the molecule is CCN(CCC(N)=S)C(=O)CCOC. The molecule has 0 saturated carbocycles. The normalized spacial score (nSPS) is 9.86. The molecule has 0 fully saturated rings. The summed E-state index contributed by atoms with van der Waals surface area (Å²) in [6.07, 6.45) is 1.00. The zero-order valence-corrected chi connectivity index (χ0v) is 9.60. The zero-order chi connectivity index (χ0) is 11.0. The smallest absolute Gasteiger partial charge is 0.224 e. The van der Waals surface area contributed by atoms with E-state index in [1.165, 1.54) is 0 Å². The van der Waals surface area contributed by atoms with Crippen molar-refractivity contribution in [2.24, 2.45) is 5.73 Å². The van der Waals surface area contributed by atoms with Crippen LogP contribution in [0.3, 0.4) is 0 Å². The van der Waals surface area contributed by atoms with Crippen LogP contribution in [0.25, 0.3) is 0 Å². The standard InChI is InChI=1S/C9H18N2O2S/c1-3-11(6-4-8(10)14)9(12)5-7-13-2/h3-7H2,1-2H3,(H2,10,14). The molecular weight excluding hydrogens is 200 g/mol. The van der Waals surface area contributed by atoms with Crippen LogP contribution in [-0.4, -0.2) is 42.6 Å². The number of hydrogen-bond acceptors (Lipinski definition) is 3. The van der Waals surface area contributed by atoms with Crippen molar-refractivity contribution < 1.29 is 9.53 Å². The Morgan fingerprint density at radius 1 is 1.50 bits per heavy atom. The fraction of sp³-hybridized carbons (Fsp3) is 0.778. The molecule has 0 aromatic rings. The fourth-order valence-electron chi connectivity index (χ4n) is 1.05. The van der Waals surface area contributed by atoms with Crippen LogP contribution >= 0.6 is 12.2 Å². The minimum atomic E-state index is 0.0885. The number of hydrogen-bond donors (Lipinski definition) is 1. The Morgan fingerprint density at radius 3 is 2.57 bits per heavy atom. The molecule has 0 atom stereocenters. The Balaban J connectivity index is 3.86. The van der Waals surface area contributed by atoms with E-state index in [2.05, 4.69) is 0 Å². The van der Waals surface area contributed by atoms with Crippen LogP contribution in [0.4, 0.5) is 0 Å². The Bertz CT molecular complexity index is 197. The van der Waals surface area contributed by atoms with Gasteiger partial charge in [-0.1, -0.05) is 12.2 Å². The third-order valence-corrected chi connectivity index (χ3v) is 2.09. The maximum Gasteiger partial charge on any atom is 0.224 e. The number of carbonyl (C=O) groups excluding carboxylic acids is 1. The van der Waals surface area contributed by atoms with E-state index < -0.39 is 0 Å². The van der Waals surface area contributed by atoms with Gasteiger partial charge in [0.1, 0.15) is 0 Å². The summed E-state index contributed by atoms with van der Waals surface area (Å²) in [6, 6.07) is 0. The number of nitrogens with zero attached hydrogens (tertiary/aromatic N) is 1. The van der Waals surface area contributed by atoms with Gasteiger partial charge in [-0.3, -0.25) is 4.79 Å². The van der Waals surface area contributed by atoms with Crippen LogP contribution in [0.2, 0.25) is 0 Å². The number of carbonyl (C=O) groups is 1. The number of thiocarbonyl (C=S) groups is 1. The Morgan fingerprint density at radius 2 is 2.14 bits per heavy atom. The van der Waals surface area contributed by atoms with E-state index in [1.807, 2.05) is 6.92 Å². The number of methoxy groups -OCH3 is 1. The van der Waals surface area contributed by atoms with Crippen molar-refractivity contribution in [1.82, 2.24) is 4.90 Å². The van der Waals surface area contributed by atoms with Crippen LogP contribution < -0.4 is 5.73 Å². The lowest BCUT2D eigenvalue weighted by Crippen LogP contribution is -2.34. The van der Waals surface area contributed by atoms with Gasteiger partial charge in [-0.05, 0) is 6.92 Å². The maximum atomic E-state index is 11.5. The van der Waals surface area contributed by atoms with E-state index in [0.29, 0.717) is 37.5 Å². The van der Waals surface area contributed by atoms with Crippen molar-refractivity contribution in [3.63, 3.8) is 0 Å². The molecule has 0 saturated heterocycles. The molecule has 0 unspecified atom stereocenters. The number of nitrogens with two attached hydrogens (primary N) is 1.